The maximum atomic E-state index is 12.2. The summed E-state index contributed by atoms with van der Waals surface area (Å²) in [7, 11) is -16.3. The minimum atomic E-state index is -5.70. The van der Waals surface area contributed by atoms with E-state index in [1.165, 1.54) is 10.9 Å². The van der Waals surface area contributed by atoms with Gasteiger partial charge in [-0.1, -0.05) is 24.3 Å². The van der Waals surface area contributed by atoms with Crippen molar-refractivity contribution in [3.05, 3.63) is 37.0 Å². The van der Waals surface area contributed by atoms with Gasteiger partial charge >= 0.3 is 23.4 Å². The molecule has 1 aliphatic carbocycles. The van der Waals surface area contributed by atoms with E-state index in [0.717, 1.165) is 6.33 Å². The van der Waals surface area contributed by atoms with Crippen LogP contribution in [0.3, 0.4) is 0 Å². The van der Waals surface area contributed by atoms with Gasteiger partial charge in [0.05, 0.1) is 18.9 Å². The summed E-state index contributed by atoms with van der Waals surface area (Å²) < 4.78 is 55.9. The zero-order valence-corrected chi connectivity index (χ0v) is 23.4. The number of phosphoric acid groups is 2. The molecule has 2 aromatic rings. The van der Waals surface area contributed by atoms with Crippen molar-refractivity contribution in [1.29, 1.82) is 0 Å². The fraction of sp³-hybridized carbons (Fsp3) is 0.444. The first-order valence-corrected chi connectivity index (χ1v) is 16.1. The molecule has 0 saturated carbocycles. The highest BCUT2D eigenvalue weighted by Gasteiger charge is 2.47. The summed E-state index contributed by atoms with van der Waals surface area (Å²) in [4.78, 5) is 53.0. The zero-order valence-electron chi connectivity index (χ0n) is 20.7. The number of aliphatic hydroxyl groups is 2. The lowest BCUT2D eigenvalue weighted by Crippen LogP contribution is -2.34. The third kappa shape index (κ3) is 7.91. The van der Waals surface area contributed by atoms with E-state index in [2.05, 4.69) is 33.4 Å². The van der Waals surface area contributed by atoms with E-state index in [1.807, 2.05) is 5.09 Å². The number of hydrogen-bond donors (Lipinski definition) is 8. The highest BCUT2D eigenvalue weighted by Crippen LogP contribution is 2.66. The standard InChI is InChI=1S/C18H26N7O13P3/c19-15-12-16(22-8-21-15)25(9-23-12)18-14(27)13(26)11(36-18)7-35-40(31,32)38-41(33,34)37-39(29,30)24-6-5-20-17(28)10-3-1-2-4-10/h1-4,8-11,13-14,18,26-27H,5-7H2,(H,20,28)(H,31,32)(H,33,34)(H2,19,21,22)(H2,24,29,30)/t11-,13-,14-,18-/m1/s1. The van der Waals surface area contributed by atoms with Crippen LogP contribution in [0.5, 0.6) is 0 Å². The van der Waals surface area contributed by atoms with Crippen LogP contribution in [-0.2, 0) is 36.4 Å². The Balaban J connectivity index is 1.27. The summed E-state index contributed by atoms with van der Waals surface area (Å²) in [6.45, 7) is -1.51. The summed E-state index contributed by atoms with van der Waals surface area (Å²) in [5, 5.41) is 25.1. The van der Waals surface area contributed by atoms with Crippen LogP contribution in [0.4, 0.5) is 5.82 Å². The molecule has 0 spiro atoms. The van der Waals surface area contributed by atoms with Gasteiger partial charge in [-0.05, 0) is 0 Å². The molecule has 2 aliphatic rings. The second-order valence-corrected chi connectivity index (χ2v) is 13.3. The normalized spacial score (nSPS) is 27.0. The van der Waals surface area contributed by atoms with Gasteiger partial charge in [-0.15, -0.1) is 0 Å². The Bertz CT molecular complexity index is 1470. The number of nitrogen functional groups attached to an aromatic ring is 1. The maximum Gasteiger partial charge on any atom is 0.489 e. The second-order valence-electron chi connectivity index (χ2n) is 8.54. The van der Waals surface area contributed by atoms with Crippen LogP contribution in [0.1, 0.15) is 6.23 Å². The van der Waals surface area contributed by atoms with Crippen molar-refractivity contribution in [2.45, 2.75) is 24.5 Å². The van der Waals surface area contributed by atoms with Gasteiger partial charge in [0.1, 0.15) is 30.2 Å². The Morgan fingerprint density at radius 3 is 2.44 bits per heavy atom. The third-order valence-corrected chi connectivity index (χ3v) is 10.1. The van der Waals surface area contributed by atoms with E-state index < -0.39 is 72.9 Å². The molecule has 4 rings (SSSR count). The maximum absolute atomic E-state index is 12.2. The van der Waals surface area contributed by atoms with Crippen molar-refractivity contribution in [3.63, 3.8) is 0 Å². The molecule has 0 aromatic carbocycles. The average Bonchev–Trinajstić information content (AvgIpc) is 3.61. The van der Waals surface area contributed by atoms with Crippen molar-refractivity contribution in [1.82, 2.24) is 29.9 Å². The van der Waals surface area contributed by atoms with Crippen molar-refractivity contribution >= 4 is 46.3 Å². The molecule has 1 saturated heterocycles. The molecule has 226 valence electrons. The molecular weight excluding hydrogens is 615 g/mol. The van der Waals surface area contributed by atoms with Gasteiger partial charge in [0, 0.05) is 13.1 Å². The number of hydrogen-bond acceptors (Lipinski definition) is 14. The van der Waals surface area contributed by atoms with Crippen LogP contribution < -0.4 is 16.1 Å². The lowest BCUT2D eigenvalue weighted by Gasteiger charge is -2.20. The summed E-state index contributed by atoms with van der Waals surface area (Å²) in [6.07, 6.45) is 2.85. The molecule has 1 aliphatic heterocycles. The number of ether oxygens (including phenoxy) is 1. The van der Waals surface area contributed by atoms with Crippen LogP contribution in [-0.4, -0.2) is 88.3 Å². The lowest BCUT2D eigenvalue weighted by atomic mass is 10.1. The number of allylic oxidation sites excluding steroid dienone is 2. The molecule has 20 nitrogen and oxygen atoms in total. The Labute approximate surface area is 230 Å². The Morgan fingerprint density at radius 1 is 1.02 bits per heavy atom. The monoisotopic (exact) mass is 641 g/mol. The molecule has 0 radical (unpaired) electrons. The Kier molecular flexibility index (Phi) is 9.57. The number of amides is 1. The number of phosphoric ester groups is 1. The number of nitrogens with two attached hydrogens (primary N) is 1. The van der Waals surface area contributed by atoms with Gasteiger partial charge in [0.15, 0.2) is 17.7 Å². The smallest absolute Gasteiger partial charge is 0.387 e. The SMILES string of the molecule is Nc1ncnc2c1ncn2[C@@H]1O[C@H](COP(=O)(O)OP(=O)(O)OP(=O)(O)NCCNC(=O)C2C=CC=C2)[C@@H](O)[C@H]1O. The van der Waals surface area contributed by atoms with Crippen molar-refractivity contribution in [2.75, 3.05) is 25.4 Å². The van der Waals surface area contributed by atoms with E-state index in [1.54, 1.807) is 24.3 Å². The molecule has 0 bridgehead atoms. The summed E-state index contributed by atoms with van der Waals surface area (Å²) in [5.74, 6) is -0.853. The number of nitrogens with zero attached hydrogens (tertiary/aromatic N) is 4. The first-order chi connectivity index (χ1) is 19.2. The topological polar surface area (TPSA) is 300 Å². The van der Waals surface area contributed by atoms with Crippen molar-refractivity contribution in [3.8, 4) is 0 Å². The molecular formula is C18H26N7O13P3. The van der Waals surface area contributed by atoms with Crippen molar-refractivity contribution < 1.29 is 61.3 Å². The number of anilines is 1. The predicted molar refractivity (Wildman–Crippen MR) is 136 cm³/mol. The molecule has 9 N–H and O–H groups in total. The number of carbonyl (C=O) groups is 1. The Morgan fingerprint density at radius 2 is 1.73 bits per heavy atom. The number of aromatic nitrogens is 4. The van der Waals surface area contributed by atoms with E-state index in [-0.39, 0.29) is 23.5 Å². The first kappa shape index (κ1) is 31.5. The number of rotatable bonds is 13. The summed E-state index contributed by atoms with van der Waals surface area (Å²) in [6, 6.07) is 0. The molecule has 1 fully saturated rings. The highest BCUT2D eigenvalue weighted by atomic mass is 31.3. The van der Waals surface area contributed by atoms with E-state index in [4.69, 9.17) is 10.5 Å². The van der Waals surface area contributed by atoms with Crippen molar-refractivity contribution in [2.24, 2.45) is 5.92 Å². The van der Waals surface area contributed by atoms with Gasteiger partial charge in [-0.2, -0.15) is 8.62 Å². The minimum absolute atomic E-state index is 0.0414. The molecule has 1 amide bonds. The van der Waals surface area contributed by atoms with E-state index in [9.17, 15) is 43.4 Å². The highest BCUT2D eigenvalue weighted by molar-refractivity contribution is 7.67. The van der Waals surface area contributed by atoms with Gasteiger partial charge in [0.2, 0.25) is 5.91 Å². The van der Waals surface area contributed by atoms with Crippen LogP contribution in [0, 0.1) is 5.92 Å². The zero-order chi connectivity index (χ0) is 30.0. The first-order valence-electron chi connectivity index (χ1n) is 11.6. The number of fused-ring (bicyclic) bond motifs is 1. The molecule has 2 aromatic heterocycles. The second kappa shape index (κ2) is 12.4. The molecule has 3 unspecified atom stereocenters. The van der Waals surface area contributed by atoms with E-state index in [0.29, 0.717) is 0 Å². The molecule has 3 heterocycles. The quantitative estimate of drug-likeness (QED) is 0.0943. The van der Waals surface area contributed by atoms with Crippen LogP contribution in [0.25, 0.3) is 11.2 Å². The number of imidazole rings is 1. The van der Waals surface area contributed by atoms with Crippen LogP contribution in [0.15, 0.2) is 37.0 Å². The minimum Gasteiger partial charge on any atom is -0.387 e. The predicted octanol–water partition coefficient (Wildman–Crippen LogP) is -1.17. The Hall–Kier alpha value is -2.41. The fourth-order valence-corrected chi connectivity index (χ4v) is 7.46. The average molecular weight is 641 g/mol. The van der Waals surface area contributed by atoms with Crippen LogP contribution >= 0.6 is 23.4 Å². The number of carbonyl (C=O) groups excluding carboxylic acids is 1. The van der Waals surface area contributed by atoms with Gasteiger partial charge in [-0.3, -0.25) is 13.9 Å². The number of aliphatic hydroxyl groups excluding tert-OH is 2. The largest absolute Gasteiger partial charge is 0.489 e. The van der Waals surface area contributed by atoms with Crippen LogP contribution in [0.2, 0.25) is 0 Å². The fourth-order valence-electron chi connectivity index (χ4n) is 3.77. The number of nitrogens with one attached hydrogen (secondary N) is 2. The van der Waals surface area contributed by atoms with E-state index >= 15 is 0 Å². The molecule has 41 heavy (non-hydrogen) atoms. The lowest BCUT2D eigenvalue weighted by molar-refractivity contribution is -0.122. The molecule has 23 heteroatoms. The van der Waals surface area contributed by atoms with Gasteiger partial charge < -0.3 is 40.7 Å². The third-order valence-electron chi connectivity index (χ3n) is 5.61. The van der Waals surface area contributed by atoms with Gasteiger partial charge in [-0.25, -0.2) is 33.7 Å². The molecule has 7 atom stereocenters. The van der Waals surface area contributed by atoms with Gasteiger partial charge in [0.25, 0.3) is 0 Å². The summed E-state index contributed by atoms with van der Waals surface area (Å²) >= 11 is 0. The summed E-state index contributed by atoms with van der Waals surface area (Å²) in [5.41, 5.74) is 6.06.